The molecule has 2 heterocycles. The van der Waals surface area contributed by atoms with Crippen LogP contribution < -0.4 is 5.32 Å². The molecule has 4 aromatic rings. The van der Waals surface area contributed by atoms with E-state index in [1.807, 2.05) is 48.5 Å². The number of aromatic nitrogens is 2. The predicted molar refractivity (Wildman–Crippen MR) is 136 cm³/mol. The lowest BCUT2D eigenvalue weighted by molar-refractivity contribution is 0.0519. The number of carbonyl (C=O) groups is 2. The van der Waals surface area contributed by atoms with E-state index in [0.717, 1.165) is 11.1 Å². The third-order valence-corrected chi connectivity index (χ3v) is 5.70. The number of hydrogen-bond acceptors (Lipinski definition) is 7. The first-order valence-electron chi connectivity index (χ1n) is 11.3. The van der Waals surface area contributed by atoms with E-state index in [4.69, 9.17) is 25.6 Å². The molecule has 0 spiro atoms. The summed E-state index contributed by atoms with van der Waals surface area (Å²) >= 11 is 6.15. The Kier molecular flexibility index (Phi) is 7.97. The second-order valence-corrected chi connectivity index (χ2v) is 8.19. The highest BCUT2D eigenvalue weighted by atomic mass is 35.5. The Morgan fingerprint density at radius 2 is 1.72 bits per heavy atom. The summed E-state index contributed by atoms with van der Waals surface area (Å²) in [5.41, 5.74) is 4.21. The van der Waals surface area contributed by atoms with Gasteiger partial charge in [-0.3, -0.25) is 5.32 Å². The second kappa shape index (κ2) is 11.5. The van der Waals surface area contributed by atoms with Crippen LogP contribution in [-0.4, -0.2) is 35.4 Å². The molecule has 0 aliphatic carbocycles. The molecule has 2 aromatic carbocycles. The molecule has 0 bridgehead atoms. The Labute approximate surface area is 213 Å². The summed E-state index contributed by atoms with van der Waals surface area (Å²) in [6, 6.07) is 19.9. The van der Waals surface area contributed by atoms with E-state index in [9.17, 15) is 9.59 Å². The van der Waals surface area contributed by atoms with Crippen molar-refractivity contribution in [2.45, 2.75) is 20.3 Å². The monoisotopic (exact) mass is 505 g/mol. The summed E-state index contributed by atoms with van der Waals surface area (Å²) < 4.78 is 15.8. The minimum atomic E-state index is -0.619. The Hall–Kier alpha value is -4.17. The highest BCUT2D eigenvalue weighted by molar-refractivity contribution is 6.31. The predicted octanol–water partition coefficient (Wildman–Crippen LogP) is 6.33. The molecule has 8 nitrogen and oxygen atoms in total. The van der Waals surface area contributed by atoms with Crippen molar-refractivity contribution in [1.29, 1.82) is 0 Å². The number of hydrogen-bond donors (Lipinski definition) is 1. The van der Waals surface area contributed by atoms with Crippen LogP contribution in [0.3, 0.4) is 0 Å². The van der Waals surface area contributed by atoms with Crippen LogP contribution in [0.4, 0.5) is 10.5 Å². The number of halogens is 1. The van der Waals surface area contributed by atoms with Crippen LogP contribution in [0.2, 0.25) is 5.02 Å². The number of benzene rings is 2. The van der Waals surface area contributed by atoms with Crippen molar-refractivity contribution in [2.75, 3.05) is 18.5 Å². The van der Waals surface area contributed by atoms with Gasteiger partial charge in [0.05, 0.1) is 18.9 Å². The molecule has 0 radical (unpaired) electrons. The van der Waals surface area contributed by atoms with Crippen molar-refractivity contribution >= 4 is 29.4 Å². The normalized spacial score (nSPS) is 10.6. The van der Waals surface area contributed by atoms with Gasteiger partial charge in [0, 0.05) is 22.6 Å². The third-order valence-electron chi connectivity index (χ3n) is 5.33. The quantitative estimate of drug-likeness (QED) is 0.279. The molecular formula is C27H24ClN3O5. The number of anilines is 1. The third kappa shape index (κ3) is 5.90. The lowest BCUT2D eigenvalue weighted by Gasteiger charge is -2.09. The fraction of sp³-hybridized carbons (Fsp3) is 0.185. The van der Waals surface area contributed by atoms with Gasteiger partial charge in [0.15, 0.2) is 5.76 Å². The minimum Gasteiger partial charge on any atom is -0.461 e. The molecule has 9 heteroatoms. The van der Waals surface area contributed by atoms with E-state index in [2.05, 4.69) is 15.5 Å². The molecule has 0 saturated carbocycles. The zero-order valence-corrected chi connectivity index (χ0v) is 20.5. The highest BCUT2D eigenvalue weighted by Crippen LogP contribution is 2.32. The number of rotatable bonds is 8. The zero-order chi connectivity index (χ0) is 25.5. The molecule has 36 heavy (non-hydrogen) atoms. The van der Waals surface area contributed by atoms with E-state index < -0.39 is 12.1 Å². The van der Waals surface area contributed by atoms with Gasteiger partial charge < -0.3 is 14.0 Å². The molecule has 0 fully saturated rings. The van der Waals surface area contributed by atoms with Gasteiger partial charge >= 0.3 is 12.1 Å². The number of nitrogens with one attached hydrogen (secondary N) is 1. The summed E-state index contributed by atoms with van der Waals surface area (Å²) in [7, 11) is 0. The van der Waals surface area contributed by atoms with Gasteiger partial charge in [-0.1, -0.05) is 65.3 Å². The summed E-state index contributed by atoms with van der Waals surface area (Å²) in [5.74, 6) is -0.0714. The largest absolute Gasteiger partial charge is 0.461 e. The molecule has 0 aliphatic heterocycles. The zero-order valence-electron chi connectivity index (χ0n) is 19.8. The van der Waals surface area contributed by atoms with Crippen LogP contribution in [0.5, 0.6) is 0 Å². The lowest BCUT2D eigenvalue weighted by atomic mass is 10.1. The Bertz CT molecular complexity index is 1370. The van der Waals surface area contributed by atoms with E-state index in [1.54, 1.807) is 32.0 Å². The van der Waals surface area contributed by atoms with Crippen LogP contribution in [0.15, 0.2) is 71.3 Å². The topological polar surface area (TPSA) is 104 Å². The molecule has 0 aliphatic rings. The maximum atomic E-state index is 12.4. The van der Waals surface area contributed by atoms with Gasteiger partial charge in [0.1, 0.15) is 17.1 Å². The summed E-state index contributed by atoms with van der Waals surface area (Å²) in [6.45, 7) is 3.92. The van der Waals surface area contributed by atoms with Gasteiger partial charge in [0.25, 0.3) is 0 Å². The first-order chi connectivity index (χ1) is 17.5. The average molecular weight is 506 g/mol. The van der Waals surface area contributed by atoms with Crippen molar-refractivity contribution in [2.24, 2.45) is 0 Å². The van der Waals surface area contributed by atoms with Gasteiger partial charge in [0.2, 0.25) is 0 Å². The number of nitrogens with zero attached hydrogens (tertiary/aromatic N) is 2. The smallest absolute Gasteiger partial charge is 0.411 e. The molecular weight excluding hydrogens is 482 g/mol. The highest BCUT2D eigenvalue weighted by Gasteiger charge is 2.18. The van der Waals surface area contributed by atoms with E-state index in [-0.39, 0.29) is 18.9 Å². The number of amides is 1. The fourth-order valence-corrected chi connectivity index (χ4v) is 3.74. The van der Waals surface area contributed by atoms with Crippen LogP contribution >= 0.6 is 11.6 Å². The number of aryl methyl sites for hydroxylation is 1. The summed E-state index contributed by atoms with van der Waals surface area (Å²) in [5, 5.41) is 7.34. The van der Waals surface area contributed by atoms with Crippen molar-refractivity contribution < 1.29 is 23.6 Å². The maximum absolute atomic E-state index is 12.4. The first kappa shape index (κ1) is 24.9. The Balaban J connectivity index is 1.44. The fourth-order valence-electron chi connectivity index (χ4n) is 3.51. The molecule has 0 unspecified atom stereocenters. The van der Waals surface area contributed by atoms with E-state index >= 15 is 0 Å². The van der Waals surface area contributed by atoms with Crippen LogP contribution in [-0.2, 0) is 15.9 Å². The molecule has 1 amide bonds. The molecule has 1 N–H and O–H groups in total. The molecule has 2 aromatic heterocycles. The second-order valence-electron chi connectivity index (χ2n) is 7.78. The Morgan fingerprint density at radius 1 is 0.972 bits per heavy atom. The number of pyridine rings is 1. The SMILES string of the molecule is CCOC(=O)c1cccc(-c2ccc(-c3onc(C)c3NC(=O)OCCc3ccccc3Cl)cc2)n1. The van der Waals surface area contributed by atoms with Crippen molar-refractivity contribution in [3.8, 4) is 22.6 Å². The molecule has 0 atom stereocenters. The molecule has 0 saturated heterocycles. The molecule has 4 rings (SSSR count). The number of carbonyl (C=O) groups excluding carboxylic acids is 2. The van der Waals surface area contributed by atoms with Crippen molar-refractivity contribution in [3.63, 3.8) is 0 Å². The van der Waals surface area contributed by atoms with Crippen LogP contribution in [0.25, 0.3) is 22.6 Å². The average Bonchev–Trinajstić information content (AvgIpc) is 3.25. The van der Waals surface area contributed by atoms with Crippen molar-refractivity contribution in [3.05, 3.63) is 88.7 Å². The van der Waals surface area contributed by atoms with Gasteiger partial charge in [-0.25, -0.2) is 14.6 Å². The minimum absolute atomic E-state index is 0.168. The Morgan fingerprint density at radius 3 is 2.47 bits per heavy atom. The standard InChI is InChI=1S/C27H24ClN3O5/c1-3-34-26(32)23-10-6-9-22(29-23)19-11-13-20(14-12-19)25-24(17(2)31-36-25)30-27(33)35-16-15-18-7-4-5-8-21(18)28/h4-14H,3,15-16H2,1-2H3,(H,30,33). The van der Waals surface area contributed by atoms with E-state index in [0.29, 0.717) is 39.8 Å². The lowest BCUT2D eigenvalue weighted by Crippen LogP contribution is -2.16. The number of esters is 1. The van der Waals surface area contributed by atoms with E-state index in [1.165, 1.54) is 0 Å². The van der Waals surface area contributed by atoms with Gasteiger partial charge in [-0.2, -0.15) is 0 Å². The van der Waals surface area contributed by atoms with Crippen LogP contribution in [0, 0.1) is 6.92 Å². The molecule has 184 valence electrons. The van der Waals surface area contributed by atoms with Gasteiger partial charge in [-0.05, 0) is 37.6 Å². The van der Waals surface area contributed by atoms with Crippen LogP contribution in [0.1, 0.15) is 28.7 Å². The number of ether oxygens (including phenoxy) is 2. The maximum Gasteiger partial charge on any atom is 0.411 e. The first-order valence-corrected chi connectivity index (χ1v) is 11.7. The summed E-state index contributed by atoms with van der Waals surface area (Å²) in [4.78, 5) is 28.8. The van der Waals surface area contributed by atoms with Gasteiger partial charge in [-0.15, -0.1) is 0 Å². The van der Waals surface area contributed by atoms with Crippen molar-refractivity contribution in [1.82, 2.24) is 10.1 Å². The summed E-state index contributed by atoms with van der Waals surface area (Å²) in [6.07, 6.45) is -0.124.